The summed E-state index contributed by atoms with van der Waals surface area (Å²) in [5.74, 6) is -1.59. The maximum absolute atomic E-state index is 12.3. The van der Waals surface area contributed by atoms with Crippen LogP contribution in [0.15, 0.2) is 0 Å². The molecule has 0 fully saturated rings. The van der Waals surface area contributed by atoms with Crippen LogP contribution in [0, 0.1) is 5.92 Å². The summed E-state index contributed by atoms with van der Waals surface area (Å²) < 4.78 is 36.5. The molecular formula is C9H15F3OS. The molecule has 0 rings (SSSR count). The molecule has 0 aromatic rings. The Hall–Kier alpha value is -0.190. The first kappa shape index (κ1) is 13.8. The van der Waals surface area contributed by atoms with E-state index in [9.17, 15) is 18.0 Å². The number of alkyl halides is 3. The van der Waals surface area contributed by atoms with E-state index < -0.39 is 17.3 Å². The van der Waals surface area contributed by atoms with Crippen LogP contribution in [-0.4, -0.2) is 22.5 Å². The highest BCUT2D eigenvalue weighted by atomic mass is 32.2. The van der Waals surface area contributed by atoms with Crippen molar-refractivity contribution >= 4 is 18.0 Å². The first-order valence-electron chi connectivity index (χ1n) is 4.28. The largest absolute Gasteiger partial charge is 0.393 e. The SMILES string of the molecule is CC(C(C=O)SC(C)(C)C)C(F)(F)F. The van der Waals surface area contributed by atoms with Gasteiger partial charge in [0.1, 0.15) is 6.29 Å². The number of rotatable bonds is 3. The van der Waals surface area contributed by atoms with Crippen LogP contribution in [0.25, 0.3) is 0 Å². The van der Waals surface area contributed by atoms with Gasteiger partial charge < -0.3 is 4.79 Å². The van der Waals surface area contributed by atoms with E-state index >= 15 is 0 Å². The summed E-state index contributed by atoms with van der Waals surface area (Å²) in [4.78, 5) is 10.6. The number of carbonyl (C=O) groups excluding carboxylic acids is 1. The highest BCUT2D eigenvalue weighted by Gasteiger charge is 2.42. The maximum Gasteiger partial charge on any atom is 0.393 e. The highest BCUT2D eigenvalue weighted by Crippen LogP contribution is 2.38. The Morgan fingerprint density at radius 1 is 1.21 bits per heavy atom. The molecule has 0 radical (unpaired) electrons. The van der Waals surface area contributed by atoms with Gasteiger partial charge in [-0.1, -0.05) is 27.7 Å². The zero-order valence-corrected chi connectivity index (χ0v) is 9.50. The fraction of sp³-hybridized carbons (Fsp3) is 0.889. The van der Waals surface area contributed by atoms with Gasteiger partial charge in [0.05, 0.1) is 11.2 Å². The molecule has 0 aliphatic carbocycles. The van der Waals surface area contributed by atoms with E-state index in [0.717, 1.165) is 18.7 Å². The fourth-order valence-corrected chi connectivity index (χ4v) is 2.07. The summed E-state index contributed by atoms with van der Waals surface area (Å²) in [6.07, 6.45) is -3.92. The van der Waals surface area contributed by atoms with Gasteiger partial charge in [-0.25, -0.2) is 0 Å². The first-order chi connectivity index (χ1) is 6.08. The molecule has 0 aromatic heterocycles. The number of halogens is 3. The molecule has 5 heteroatoms. The van der Waals surface area contributed by atoms with Gasteiger partial charge in [0.15, 0.2) is 0 Å². The first-order valence-corrected chi connectivity index (χ1v) is 5.15. The Morgan fingerprint density at radius 2 is 1.64 bits per heavy atom. The van der Waals surface area contributed by atoms with E-state index in [1.807, 2.05) is 0 Å². The van der Waals surface area contributed by atoms with E-state index in [1.54, 1.807) is 20.8 Å². The van der Waals surface area contributed by atoms with Gasteiger partial charge >= 0.3 is 6.18 Å². The molecule has 0 aliphatic rings. The molecule has 0 saturated heterocycles. The molecule has 0 aliphatic heterocycles. The zero-order valence-electron chi connectivity index (χ0n) is 8.68. The molecule has 2 atom stereocenters. The Balaban J connectivity index is 4.50. The van der Waals surface area contributed by atoms with Crippen molar-refractivity contribution < 1.29 is 18.0 Å². The molecule has 0 spiro atoms. The smallest absolute Gasteiger partial charge is 0.302 e. The van der Waals surface area contributed by atoms with Crippen molar-refractivity contribution in [3.8, 4) is 0 Å². The lowest BCUT2D eigenvalue weighted by Crippen LogP contribution is -2.33. The molecule has 14 heavy (non-hydrogen) atoms. The van der Waals surface area contributed by atoms with E-state index in [1.165, 1.54) is 0 Å². The van der Waals surface area contributed by atoms with Crippen LogP contribution in [0.3, 0.4) is 0 Å². The molecule has 0 N–H and O–H groups in total. The number of hydrogen-bond donors (Lipinski definition) is 0. The number of thioether (sulfide) groups is 1. The van der Waals surface area contributed by atoms with Crippen LogP contribution in [0.5, 0.6) is 0 Å². The van der Waals surface area contributed by atoms with Gasteiger partial charge in [0.2, 0.25) is 0 Å². The molecule has 0 bridgehead atoms. The van der Waals surface area contributed by atoms with Crippen molar-refractivity contribution in [2.45, 2.75) is 43.9 Å². The molecule has 0 saturated carbocycles. The van der Waals surface area contributed by atoms with Crippen LogP contribution in [-0.2, 0) is 4.79 Å². The second-order valence-electron chi connectivity index (χ2n) is 4.16. The van der Waals surface area contributed by atoms with E-state index in [-0.39, 0.29) is 4.75 Å². The highest BCUT2D eigenvalue weighted by molar-refractivity contribution is 8.01. The van der Waals surface area contributed by atoms with Crippen molar-refractivity contribution in [3.63, 3.8) is 0 Å². The number of carbonyl (C=O) groups is 1. The van der Waals surface area contributed by atoms with Crippen LogP contribution < -0.4 is 0 Å². The second kappa shape index (κ2) is 4.55. The quantitative estimate of drug-likeness (QED) is 0.689. The number of hydrogen-bond acceptors (Lipinski definition) is 2. The Bertz CT molecular complexity index is 195. The summed E-state index contributed by atoms with van der Waals surface area (Å²) in [5, 5.41) is -1.02. The van der Waals surface area contributed by atoms with Gasteiger partial charge in [-0.05, 0) is 0 Å². The molecule has 0 amide bonds. The molecule has 0 heterocycles. The predicted molar refractivity (Wildman–Crippen MR) is 52.4 cm³/mol. The lowest BCUT2D eigenvalue weighted by Gasteiger charge is -2.27. The molecule has 2 unspecified atom stereocenters. The van der Waals surface area contributed by atoms with Crippen LogP contribution in [0.2, 0.25) is 0 Å². The minimum atomic E-state index is -4.30. The van der Waals surface area contributed by atoms with Gasteiger partial charge in [0, 0.05) is 4.75 Å². The van der Waals surface area contributed by atoms with Crippen molar-refractivity contribution in [2.75, 3.05) is 0 Å². The summed E-state index contributed by atoms with van der Waals surface area (Å²) in [5.41, 5.74) is 0. The fourth-order valence-electron chi connectivity index (χ4n) is 0.842. The third kappa shape index (κ3) is 4.88. The molecular weight excluding hydrogens is 213 g/mol. The molecule has 0 aromatic carbocycles. The van der Waals surface area contributed by atoms with Gasteiger partial charge in [-0.2, -0.15) is 13.2 Å². The van der Waals surface area contributed by atoms with E-state index in [4.69, 9.17) is 0 Å². The summed E-state index contributed by atoms with van der Waals surface area (Å²) in [6.45, 7) is 6.41. The summed E-state index contributed by atoms with van der Waals surface area (Å²) in [6, 6.07) is 0. The topological polar surface area (TPSA) is 17.1 Å². The Kier molecular flexibility index (Phi) is 4.49. The van der Waals surface area contributed by atoms with Crippen LogP contribution in [0.1, 0.15) is 27.7 Å². The lowest BCUT2D eigenvalue weighted by atomic mass is 10.1. The Labute approximate surface area is 86.4 Å². The van der Waals surface area contributed by atoms with E-state index in [2.05, 4.69) is 0 Å². The standard InChI is InChI=1S/C9H15F3OS/c1-6(9(10,11)12)7(5-13)14-8(2,3)4/h5-7H,1-4H3. The third-order valence-corrected chi connectivity index (χ3v) is 3.13. The number of aldehydes is 1. The summed E-state index contributed by atoms with van der Waals surface area (Å²) >= 11 is 1.05. The molecule has 84 valence electrons. The van der Waals surface area contributed by atoms with Crippen molar-refractivity contribution in [2.24, 2.45) is 5.92 Å². The maximum atomic E-state index is 12.3. The monoisotopic (exact) mass is 228 g/mol. The average molecular weight is 228 g/mol. The van der Waals surface area contributed by atoms with E-state index in [0.29, 0.717) is 6.29 Å². The van der Waals surface area contributed by atoms with Crippen molar-refractivity contribution in [3.05, 3.63) is 0 Å². The second-order valence-corrected chi connectivity index (χ2v) is 6.17. The van der Waals surface area contributed by atoms with Gasteiger partial charge in [-0.15, -0.1) is 11.8 Å². The Morgan fingerprint density at radius 3 is 1.86 bits per heavy atom. The van der Waals surface area contributed by atoms with Crippen LogP contribution >= 0.6 is 11.8 Å². The van der Waals surface area contributed by atoms with Gasteiger partial charge in [0.25, 0.3) is 0 Å². The average Bonchev–Trinajstić information content (AvgIpc) is 1.95. The minimum absolute atomic E-state index is 0.342. The summed E-state index contributed by atoms with van der Waals surface area (Å²) in [7, 11) is 0. The van der Waals surface area contributed by atoms with Crippen molar-refractivity contribution in [1.82, 2.24) is 0 Å². The zero-order chi connectivity index (χ0) is 11.6. The third-order valence-electron chi connectivity index (χ3n) is 1.63. The minimum Gasteiger partial charge on any atom is -0.302 e. The van der Waals surface area contributed by atoms with Crippen LogP contribution in [0.4, 0.5) is 13.2 Å². The lowest BCUT2D eigenvalue weighted by molar-refractivity contribution is -0.170. The predicted octanol–water partition coefficient (Wildman–Crippen LogP) is 3.28. The normalized spacial score (nSPS) is 17.6. The van der Waals surface area contributed by atoms with Gasteiger partial charge in [-0.3, -0.25) is 0 Å². The molecule has 1 nitrogen and oxygen atoms in total. The van der Waals surface area contributed by atoms with Crippen molar-refractivity contribution in [1.29, 1.82) is 0 Å².